The van der Waals surface area contributed by atoms with Gasteiger partial charge < -0.3 is 5.11 Å². The Bertz CT molecular complexity index is 1030. The summed E-state index contributed by atoms with van der Waals surface area (Å²) in [5.41, 5.74) is 1.76. The minimum atomic E-state index is 0.0590. The Morgan fingerprint density at radius 2 is 1.95 bits per heavy atom. The molecular weight excluding hydrogens is 323 g/mol. The van der Waals surface area contributed by atoms with Crippen LogP contribution in [0.4, 0.5) is 0 Å². The predicted molar refractivity (Wildman–Crippen MR) is 85.4 cm³/mol. The minimum absolute atomic E-state index is 0.0590. The molecule has 7 heteroatoms. The van der Waals surface area contributed by atoms with Gasteiger partial charge in [-0.05, 0) is 30.3 Å². The van der Waals surface area contributed by atoms with Gasteiger partial charge in [-0.2, -0.15) is 0 Å². The molecule has 0 unspecified atom stereocenters. The highest BCUT2D eigenvalue weighted by atomic mass is 35.5. The molecule has 4 rings (SSSR count). The first-order valence-corrected chi connectivity index (χ1v) is 7.17. The Morgan fingerprint density at radius 3 is 2.82 bits per heavy atom. The van der Waals surface area contributed by atoms with Crippen LogP contribution in [0.1, 0.15) is 0 Å². The van der Waals surface area contributed by atoms with Crippen molar-refractivity contribution in [1.82, 2.24) is 19.6 Å². The van der Waals surface area contributed by atoms with Crippen molar-refractivity contribution in [1.29, 1.82) is 0 Å². The standard InChI is InChI=1S/C15H8Cl2N4O/c16-8-4-5-12(22)9(6-8)14-19-15-13-10(17)2-1-3-11(13)18-7-21(15)20-14/h1-7,22H. The fourth-order valence-electron chi connectivity index (χ4n) is 2.33. The van der Waals surface area contributed by atoms with Crippen molar-refractivity contribution in [3.05, 3.63) is 52.8 Å². The van der Waals surface area contributed by atoms with Gasteiger partial charge in [0.2, 0.25) is 0 Å². The van der Waals surface area contributed by atoms with Crippen LogP contribution in [0, 0.1) is 0 Å². The first-order chi connectivity index (χ1) is 10.6. The number of fused-ring (bicyclic) bond motifs is 3. The molecule has 0 aliphatic rings. The molecular formula is C15H8Cl2N4O. The zero-order chi connectivity index (χ0) is 15.3. The van der Waals surface area contributed by atoms with Crippen molar-refractivity contribution in [3.8, 4) is 17.1 Å². The smallest absolute Gasteiger partial charge is 0.186 e. The maximum Gasteiger partial charge on any atom is 0.186 e. The molecule has 2 aromatic carbocycles. The summed E-state index contributed by atoms with van der Waals surface area (Å²) in [6.45, 7) is 0. The molecule has 108 valence electrons. The number of phenolic OH excluding ortho intramolecular Hbond substituents is 1. The van der Waals surface area contributed by atoms with E-state index < -0.39 is 0 Å². The second kappa shape index (κ2) is 4.83. The first kappa shape index (κ1) is 13.3. The molecule has 0 fully saturated rings. The van der Waals surface area contributed by atoms with E-state index in [0.29, 0.717) is 32.5 Å². The molecule has 2 aromatic heterocycles. The van der Waals surface area contributed by atoms with Crippen molar-refractivity contribution in [2.45, 2.75) is 0 Å². The minimum Gasteiger partial charge on any atom is -0.507 e. The Balaban J connectivity index is 2.06. The summed E-state index contributed by atoms with van der Waals surface area (Å²) >= 11 is 12.2. The van der Waals surface area contributed by atoms with Gasteiger partial charge in [0.05, 0.1) is 21.5 Å². The van der Waals surface area contributed by atoms with Crippen LogP contribution in [-0.2, 0) is 0 Å². The second-order valence-electron chi connectivity index (χ2n) is 4.74. The highest BCUT2D eigenvalue weighted by Crippen LogP contribution is 2.31. The fourth-order valence-corrected chi connectivity index (χ4v) is 2.76. The second-order valence-corrected chi connectivity index (χ2v) is 5.59. The number of aromatic hydroxyl groups is 1. The largest absolute Gasteiger partial charge is 0.507 e. The zero-order valence-electron chi connectivity index (χ0n) is 11.0. The summed E-state index contributed by atoms with van der Waals surface area (Å²) in [5, 5.41) is 16.1. The van der Waals surface area contributed by atoms with E-state index in [0.717, 1.165) is 5.52 Å². The molecule has 2 heterocycles. The van der Waals surface area contributed by atoms with Gasteiger partial charge in [0.1, 0.15) is 12.1 Å². The Morgan fingerprint density at radius 1 is 1.09 bits per heavy atom. The molecule has 4 aromatic rings. The molecule has 0 saturated carbocycles. The molecule has 0 bridgehead atoms. The van der Waals surface area contributed by atoms with Crippen LogP contribution < -0.4 is 0 Å². The Hall–Kier alpha value is -2.37. The lowest BCUT2D eigenvalue weighted by Gasteiger charge is -1.99. The number of hydrogen-bond donors (Lipinski definition) is 1. The number of aromatic nitrogens is 4. The molecule has 22 heavy (non-hydrogen) atoms. The van der Waals surface area contributed by atoms with Crippen LogP contribution in [0.15, 0.2) is 42.7 Å². The highest BCUT2D eigenvalue weighted by molar-refractivity contribution is 6.36. The number of rotatable bonds is 1. The van der Waals surface area contributed by atoms with Crippen LogP contribution in [0.25, 0.3) is 27.9 Å². The molecule has 0 saturated heterocycles. The van der Waals surface area contributed by atoms with Gasteiger partial charge in [0.15, 0.2) is 11.5 Å². The molecule has 0 amide bonds. The summed E-state index contributed by atoms with van der Waals surface area (Å²) in [4.78, 5) is 8.79. The molecule has 1 N–H and O–H groups in total. The van der Waals surface area contributed by atoms with Crippen LogP contribution in [0.2, 0.25) is 10.0 Å². The topological polar surface area (TPSA) is 63.3 Å². The van der Waals surface area contributed by atoms with Gasteiger partial charge in [-0.25, -0.2) is 14.5 Å². The zero-order valence-corrected chi connectivity index (χ0v) is 12.5. The summed E-state index contributed by atoms with van der Waals surface area (Å²) in [6.07, 6.45) is 1.56. The molecule has 0 aliphatic carbocycles. The summed E-state index contributed by atoms with van der Waals surface area (Å²) < 4.78 is 1.53. The lowest BCUT2D eigenvalue weighted by Crippen LogP contribution is -1.91. The van der Waals surface area contributed by atoms with Gasteiger partial charge in [0, 0.05) is 5.02 Å². The van der Waals surface area contributed by atoms with Crippen molar-refractivity contribution >= 4 is 39.8 Å². The van der Waals surface area contributed by atoms with Gasteiger partial charge in [-0.15, -0.1) is 5.10 Å². The van der Waals surface area contributed by atoms with Gasteiger partial charge >= 0.3 is 0 Å². The van der Waals surface area contributed by atoms with E-state index in [9.17, 15) is 5.11 Å². The summed E-state index contributed by atoms with van der Waals surface area (Å²) in [5.74, 6) is 0.415. The van der Waals surface area contributed by atoms with E-state index in [4.69, 9.17) is 23.2 Å². The van der Waals surface area contributed by atoms with Crippen LogP contribution in [0.5, 0.6) is 5.75 Å². The van der Waals surface area contributed by atoms with E-state index in [1.165, 1.54) is 10.6 Å². The average molecular weight is 331 g/mol. The number of nitrogens with zero attached hydrogens (tertiary/aromatic N) is 4. The van der Waals surface area contributed by atoms with Gasteiger partial charge in [-0.1, -0.05) is 29.3 Å². The van der Waals surface area contributed by atoms with Crippen LogP contribution >= 0.6 is 23.2 Å². The molecule has 0 aliphatic heterocycles. The molecule has 5 nitrogen and oxygen atoms in total. The summed E-state index contributed by atoms with van der Waals surface area (Å²) in [7, 11) is 0. The third-order valence-electron chi connectivity index (χ3n) is 3.35. The lowest BCUT2D eigenvalue weighted by molar-refractivity contribution is 0.477. The maximum atomic E-state index is 9.99. The maximum absolute atomic E-state index is 9.99. The first-order valence-electron chi connectivity index (χ1n) is 6.42. The Kier molecular flexibility index (Phi) is 2.92. The Labute approximate surface area is 134 Å². The molecule has 0 spiro atoms. The van der Waals surface area contributed by atoms with Crippen molar-refractivity contribution < 1.29 is 5.11 Å². The molecule has 0 radical (unpaired) electrons. The third-order valence-corrected chi connectivity index (χ3v) is 3.90. The van der Waals surface area contributed by atoms with Crippen LogP contribution in [-0.4, -0.2) is 24.7 Å². The fraction of sp³-hybridized carbons (Fsp3) is 0. The van der Waals surface area contributed by atoms with Crippen LogP contribution in [0.3, 0.4) is 0 Å². The van der Waals surface area contributed by atoms with Gasteiger partial charge in [0.25, 0.3) is 0 Å². The van der Waals surface area contributed by atoms with Crippen molar-refractivity contribution in [2.24, 2.45) is 0 Å². The van der Waals surface area contributed by atoms with E-state index >= 15 is 0 Å². The SMILES string of the molecule is Oc1ccc(Cl)cc1-c1nc2c3c(Cl)cccc3ncn2n1. The normalized spacial score (nSPS) is 11.4. The van der Waals surface area contributed by atoms with E-state index in [2.05, 4.69) is 15.1 Å². The van der Waals surface area contributed by atoms with Crippen molar-refractivity contribution in [3.63, 3.8) is 0 Å². The molecule has 0 atom stereocenters. The summed E-state index contributed by atoms with van der Waals surface area (Å²) in [6, 6.07) is 10.2. The van der Waals surface area contributed by atoms with E-state index in [-0.39, 0.29) is 5.75 Å². The number of hydrogen-bond acceptors (Lipinski definition) is 4. The number of phenols is 1. The predicted octanol–water partition coefficient (Wildman–Crippen LogP) is 3.96. The van der Waals surface area contributed by atoms with E-state index in [1.54, 1.807) is 24.5 Å². The van der Waals surface area contributed by atoms with Crippen molar-refractivity contribution in [2.75, 3.05) is 0 Å². The van der Waals surface area contributed by atoms with Gasteiger partial charge in [-0.3, -0.25) is 0 Å². The monoisotopic (exact) mass is 330 g/mol. The quantitative estimate of drug-likeness (QED) is 0.573. The number of benzene rings is 2. The van der Waals surface area contributed by atoms with E-state index in [1.807, 2.05) is 12.1 Å². The highest BCUT2D eigenvalue weighted by Gasteiger charge is 2.14. The number of halogens is 2. The average Bonchev–Trinajstić information content (AvgIpc) is 2.93. The lowest BCUT2D eigenvalue weighted by atomic mass is 10.2. The third kappa shape index (κ3) is 1.98.